The maximum absolute atomic E-state index is 12.1. The van der Waals surface area contributed by atoms with Crippen molar-refractivity contribution in [2.45, 2.75) is 18.2 Å². The number of nitrogen functional groups attached to an aromatic ring is 1. The molecule has 0 spiro atoms. The van der Waals surface area contributed by atoms with Crippen LogP contribution in [0, 0.1) is 0 Å². The number of carbonyl (C=O) groups excluding carboxylic acids is 1. The van der Waals surface area contributed by atoms with E-state index in [0.717, 1.165) is 17.1 Å². The maximum Gasteiger partial charge on any atom is 0.255 e. The van der Waals surface area contributed by atoms with Crippen LogP contribution in [0.15, 0.2) is 47.6 Å². The lowest BCUT2D eigenvalue weighted by atomic mass is 10.2. The number of nitrogens with one attached hydrogen (secondary N) is 1. The Labute approximate surface area is 122 Å². The van der Waals surface area contributed by atoms with Crippen molar-refractivity contribution in [3.63, 3.8) is 0 Å². The molecule has 4 nitrogen and oxygen atoms in total. The fourth-order valence-corrected chi connectivity index (χ4v) is 2.46. The van der Waals surface area contributed by atoms with Crippen LogP contribution in [0.1, 0.15) is 23.7 Å². The number of pyridine rings is 1. The van der Waals surface area contributed by atoms with Crippen LogP contribution in [0.4, 0.5) is 11.4 Å². The van der Waals surface area contributed by atoms with Gasteiger partial charge in [-0.2, -0.15) is 0 Å². The zero-order valence-corrected chi connectivity index (χ0v) is 12.1. The topological polar surface area (TPSA) is 68.0 Å². The molecule has 0 radical (unpaired) electrons. The summed E-state index contributed by atoms with van der Waals surface area (Å²) in [6.45, 7) is 2.14. The molecule has 0 saturated heterocycles. The fraction of sp³-hybridized carbons (Fsp3) is 0.200. The van der Waals surface area contributed by atoms with Crippen LogP contribution in [-0.2, 0) is 0 Å². The summed E-state index contributed by atoms with van der Waals surface area (Å²) in [7, 11) is 0. The van der Waals surface area contributed by atoms with E-state index in [1.807, 2.05) is 18.2 Å². The average Bonchev–Trinajstić information content (AvgIpc) is 2.49. The molecular formula is C15H17N3OS. The number of carbonyl (C=O) groups is 1. The number of hydrogen-bond acceptors (Lipinski definition) is 4. The molecule has 2 rings (SSSR count). The molecule has 0 bridgehead atoms. The summed E-state index contributed by atoms with van der Waals surface area (Å²) in [6.07, 6.45) is 4.28. The van der Waals surface area contributed by atoms with Crippen LogP contribution in [0.2, 0.25) is 0 Å². The molecule has 0 aliphatic rings. The van der Waals surface area contributed by atoms with E-state index >= 15 is 0 Å². The van der Waals surface area contributed by atoms with Crippen molar-refractivity contribution in [2.75, 3.05) is 16.8 Å². The second-order valence-electron chi connectivity index (χ2n) is 4.29. The number of benzene rings is 1. The van der Waals surface area contributed by atoms with E-state index in [4.69, 9.17) is 5.73 Å². The predicted octanol–water partition coefficient (Wildman–Crippen LogP) is 3.42. The Morgan fingerprint density at radius 2 is 2.05 bits per heavy atom. The Hall–Kier alpha value is -2.01. The third-order valence-corrected chi connectivity index (χ3v) is 3.89. The first-order valence-electron chi connectivity index (χ1n) is 6.44. The van der Waals surface area contributed by atoms with Crippen LogP contribution in [-0.4, -0.2) is 16.6 Å². The van der Waals surface area contributed by atoms with E-state index in [2.05, 4.69) is 17.2 Å². The number of amides is 1. The lowest BCUT2D eigenvalue weighted by Crippen LogP contribution is -2.13. The SMILES string of the molecule is CCCSc1ccc(N)c(NC(=O)c2ccncc2)c1. The largest absolute Gasteiger partial charge is 0.397 e. The Morgan fingerprint density at radius 1 is 1.30 bits per heavy atom. The first-order chi connectivity index (χ1) is 9.70. The van der Waals surface area contributed by atoms with Gasteiger partial charge >= 0.3 is 0 Å². The summed E-state index contributed by atoms with van der Waals surface area (Å²) < 4.78 is 0. The molecule has 0 aliphatic heterocycles. The van der Waals surface area contributed by atoms with Crippen molar-refractivity contribution in [3.05, 3.63) is 48.3 Å². The Balaban J connectivity index is 2.14. The first kappa shape index (κ1) is 14.4. The second-order valence-corrected chi connectivity index (χ2v) is 5.46. The Morgan fingerprint density at radius 3 is 2.75 bits per heavy atom. The molecule has 1 aromatic heterocycles. The van der Waals surface area contributed by atoms with E-state index < -0.39 is 0 Å². The molecular weight excluding hydrogens is 270 g/mol. The van der Waals surface area contributed by atoms with Gasteiger partial charge in [0.15, 0.2) is 0 Å². The van der Waals surface area contributed by atoms with Crippen molar-refractivity contribution in [1.82, 2.24) is 4.98 Å². The van der Waals surface area contributed by atoms with Crippen LogP contribution in [0.5, 0.6) is 0 Å². The minimum Gasteiger partial charge on any atom is -0.397 e. The van der Waals surface area contributed by atoms with Gasteiger partial charge in [-0.25, -0.2) is 0 Å². The van der Waals surface area contributed by atoms with Gasteiger partial charge in [-0.05, 0) is 42.5 Å². The second kappa shape index (κ2) is 6.96. The summed E-state index contributed by atoms with van der Waals surface area (Å²) in [5, 5.41) is 2.84. The van der Waals surface area contributed by atoms with Gasteiger partial charge in [-0.15, -0.1) is 11.8 Å². The van der Waals surface area contributed by atoms with Crippen LogP contribution < -0.4 is 11.1 Å². The zero-order valence-electron chi connectivity index (χ0n) is 11.3. The lowest BCUT2D eigenvalue weighted by Gasteiger charge is -2.10. The molecule has 1 amide bonds. The van der Waals surface area contributed by atoms with Crippen molar-refractivity contribution in [2.24, 2.45) is 0 Å². The summed E-state index contributed by atoms with van der Waals surface area (Å²) in [5.41, 5.74) is 7.68. The van der Waals surface area contributed by atoms with Crippen molar-refractivity contribution in [3.8, 4) is 0 Å². The minimum atomic E-state index is -0.184. The third-order valence-electron chi connectivity index (χ3n) is 2.69. The third kappa shape index (κ3) is 3.74. The summed E-state index contributed by atoms with van der Waals surface area (Å²) in [5.74, 6) is 0.860. The summed E-state index contributed by atoms with van der Waals surface area (Å²) in [4.78, 5) is 17.1. The van der Waals surface area contributed by atoms with Crippen LogP contribution in [0.3, 0.4) is 0 Å². The summed E-state index contributed by atoms with van der Waals surface area (Å²) in [6, 6.07) is 9.04. The van der Waals surface area contributed by atoms with Crippen LogP contribution in [0.25, 0.3) is 0 Å². The molecule has 1 aromatic carbocycles. The summed E-state index contributed by atoms with van der Waals surface area (Å²) >= 11 is 1.75. The normalized spacial score (nSPS) is 10.2. The van der Waals surface area contributed by atoms with Gasteiger partial charge in [0.25, 0.3) is 5.91 Å². The Bertz CT molecular complexity index is 587. The molecule has 0 saturated carbocycles. The van der Waals surface area contributed by atoms with E-state index in [9.17, 15) is 4.79 Å². The molecule has 3 N–H and O–H groups in total. The molecule has 20 heavy (non-hydrogen) atoms. The molecule has 0 aliphatic carbocycles. The van der Waals surface area contributed by atoms with E-state index in [1.165, 1.54) is 0 Å². The highest BCUT2D eigenvalue weighted by molar-refractivity contribution is 7.99. The number of anilines is 2. The molecule has 2 aromatic rings. The van der Waals surface area contributed by atoms with E-state index in [1.54, 1.807) is 36.3 Å². The monoisotopic (exact) mass is 287 g/mol. The molecule has 1 heterocycles. The fourth-order valence-electron chi connectivity index (χ4n) is 1.65. The predicted molar refractivity (Wildman–Crippen MR) is 84.1 cm³/mol. The number of rotatable bonds is 5. The number of thioether (sulfide) groups is 1. The quantitative estimate of drug-likeness (QED) is 0.653. The zero-order chi connectivity index (χ0) is 14.4. The van der Waals surface area contributed by atoms with Crippen molar-refractivity contribution < 1.29 is 4.79 Å². The molecule has 0 atom stereocenters. The molecule has 104 valence electrons. The van der Waals surface area contributed by atoms with E-state index in [-0.39, 0.29) is 5.91 Å². The average molecular weight is 287 g/mol. The van der Waals surface area contributed by atoms with Crippen molar-refractivity contribution in [1.29, 1.82) is 0 Å². The lowest BCUT2D eigenvalue weighted by molar-refractivity contribution is 0.102. The number of hydrogen-bond donors (Lipinski definition) is 2. The number of aromatic nitrogens is 1. The van der Waals surface area contributed by atoms with Gasteiger partial charge in [-0.3, -0.25) is 9.78 Å². The van der Waals surface area contributed by atoms with Gasteiger partial charge in [0.2, 0.25) is 0 Å². The molecule has 0 fully saturated rings. The van der Waals surface area contributed by atoms with E-state index in [0.29, 0.717) is 16.9 Å². The van der Waals surface area contributed by atoms with Gasteiger partial charge in [0.1, 0.15) is 0 Å². The first-order valence-corrected chi connectivity index (χ1v) is 7.43. The number of nitrogens with two attached hydrogens (primary N) is 1. The highest BCUT2D eigenvalue weighted by atomic mass is 32.2. The van der Waals surface area contributed by atoms with Gasteiger partial charge in [0, 0.05) is 22.9 Å². The minimum absolute atomic E-state index is 0.184. The van der Waals surface area contributed by atoms with Gasteiger partial charge in [0.05, 0.1) is 11.4 Å². The highest BCUT2D eigenvalue weighted by Gasteiger charge is 2.08. The van der Waals surface area contributed by atoms with Crippen LogP contribution >= 0.6 is 11.8 Å². The molecule has 0 unspecified atom stereocenters. The van der Waals surface area contributed by atoms with Crippen molar-refractivity contribution >= 4 is 29.0 Å². The number of nitrogens with zero attached hydrogens (tertiary/aromatic N) is 1. The highest BCUT2D eigenvalue weighted by Crippen LogP contribution is 2.27. The van der Waals surface area contributed by atoms with Gasteiger partial charge < -0.3 is 11.1 Å². The van der Waals surface area contributed by atoms with Gasteiger partial charge in [-0.1, -0.05) is 6.92 Å². The Kier molecular flexibility index (Phi) is 5.01. The maximum atomic E-state index is 12.1. The standard InChI is InChI=1S/C15H17N3OS/c1-2-9-20-12-3-4-13(16)14(10-12)18-15(19)11-5-7-17-8-6-11/h3-8,10H,2,9,16H2,1H3,(H,18,19). The smallest absolute Gasteiger partial charge is 0.255 e. The molecule has 5 heteroatoms.